The fourth-order valence-electron chi connectivity index (χ4n) is 2.86. The summed E-state index contributed by atoms with van der Waals surface area (Å²) in [7, 11) is 0. The Kier molecular flexibility index (Phi) is 1.98. The van der Waals surface area contributed by atoms with E-state index >= 15 is 0 Å². The lowest BCUT2D eigenvalue weighted by Gasteiger charge is -2.26. The van der Waals surface area contributed by atoms with Crippen LogP contribution in [0.1, 0.15) is 19.4 Å². The second-order valence-corrected chi connectivity index (χ2v) is 5.10. The van der Waals surface area contributed by atoms with E-state index < -0.39 is 0 Å². The second kappa shape index (κ2) is 3.20. The van der Waals surface area contributed by atoms with E-state index in [1.807, 2.05) is 6.07 Å². The summed E-state index contributed by atoms with van der Waals surface area (Å²) in [5.41, 5.74) is 2.12. The molecule has 1 unspecified atom stereocenters. The average molecular weight is 234 g/mol. The number of hydrogen-bond donors (Lipinski definition) is 0. The summed E-state index contributed by atoms with van der Waals surface area (Å²) < 4.78 is 5.73. The van der Waals surface area contributed by atoms with Crippen molar-refractivity contribution in [2.24, 2.45) is 0 Å². The number of hydrogen-bond acceptors (Lipinski definition) is 4. The first-order valence-corrected chi connectivity index (χ1v) is 5.69. The highest BCUT2D eigenvalue weighted by Crippen LogP contribution is 2.48. The first kappa shape index (κ1) is 10.5. The van der Waals surface area contributed by atoms with Crippen molar-refractivity contribution in [2.45, 2.75) is 25.5 Å². The van der Waals surface area contributed by atoms with Crippen LogP contribution in [0.4, 0.5) is 11.4 Å². The maximum atomic E-state index is 10.8. The van der Waals surface area contributed by atoms with E-state index in [2.05, 4.69) is 18.7 Å². The minimum absolute atomic E-state index is 0.0134. The Bertz CT molecular complexity index is 499. The van der Waals surface area contributed by atoms with Gasteiger partial charge in [0.1, 0.15) is 6.23 Å². The molecule has 3 rings (SSSR count). The Morgan fingerprint density at radius 1 is 1.53 bits per heavy atom. The van der Waals surface area contributed by atoms with Gasteiger partial charge in [-0.25, -0.2) is 0 Å². The topological polar surface area (TPSA) is 55.6 Å². The number of fused-ring (bicyclic) bond motifs is 3. The molecule has 0 radical (unpaired) electrons. The molecule has 0 saturated carbocycles. The molecule has 0 aromatic heterocycles. The second-order valence-electron chi connectivity index (χ2n) is 5.10. The molecule has 0 amide bonds. The van der Waals surface area contributed by atoms with Crippen molar-refractivity contribution < 1.29 is 9.66 Å². The van der Waals surface area contributed by atoms with Crippen LogP contribution in [0.3, 0.4) is 0 Å². The summed E-state index contributed by atoms with van der Waals surface area (Å²) in [4.78, 5) is 12.6. The number of rotatable bonds is 1. The summed E-state index contributed by atoms with van der Waals surface area (Å²) in [6.07, 6.45) is 0.0134. The van der Waals surface area contributed by atoms with Gasteiger partial charge in [-0.2, -0.15) is 0 Å². The van der Waals surface area contributed by atoms with Gasteiger partial charge in [-0.05, 0) is 11.6 Å². The average Bonchev–Trinajstić information content (AvgIpc) is 2.83. The monoisotopic (exact) mass is 234 g/mol. The number of non-ortho nitro benzene ring substituents is 1. The summed E-state index contributed by atoms with van der Waals surface area (Å²) >= 11 is 0. The van der Waals surface area contributed by atoms with Crippen molar-refractivity contribution in [3.8, 4) is 0 Å². The van der Waals surface area contributed by atoms with E-state index in [-0.39, 0.29) is 22.3 Å². The van der Waals surface area contributed by atoms with Gasteiger partial charge in [0, 0.05) is 29.8 Å². The first-order valence-electron chi connectivity index (χ1n) is 5.69. The zero-order valence-corrected chi connectivity index (χ0v) is 9.84. The quantitative estimate of drug-likeness (QED) is 0.551. The van der Waals surface area contributed by atoms with Gasteiger partial charge < -0.3 is 9.64 Å². The molecule has 1 atom stereocenters. The van der Waals surface area contributed by atoms with Crippen LogP contribution in [0.25, 0.3) is 0 Å². The maximum absolute atomic E-state index is 10.8. The van der Waals surface area contributed by atoms with Crippen LogP contribution in [0.2, 0.25) is 0 Å². The summed E-state index contributed by atoms with van der Waals surface area (Å²) in [6.45, 7) is 5.74. The van der Waals surface area contributed by atoms with Crippen molar-refractivity contribution in [3.05, 3.63) is 33.9 Å². The minimum atomic E-state index is -0.350. The lowest BCUT2D eigenvalue weighted by Crippen LogP contribution is -2.37. The van der Waals surface area contributed by atoms with Crippen molar-refractivity contribution in [1.29, 1.82) is 0 Å². The number of nitrogens with zero attached hydrogens (tertiary/aromatic N) is 2. The van der Waals surface area contributed by atoms with Crippen LogP contribution in [0, 0.1) is 10.1 Å². The highest BCUT2D eigenvalue weighted by Gasteiger charge is 2.48. The normalized spacial score (nSPS) is 24.6. The zero-order valence-electron chi connectivity index (χ0n) is 9.84. The van der Waals surface area contributed by atoms with Gasteiger partial charge in [0.2, 0.25) is 0 Å². The van der Waals surface area contributed by atoms with Gasteiger partial charge in [-0.1, -0.05) is 13.8 Å². The fraction of sp³-hybridized carbons (Fsp3) is 0.500. The molecule has 2 aliphatic rings. The molecule has 0 bridgehead atoms. The molecule has 90 valence electrons. The smallest absolute Gasteiger partial charge is 0.271 e. The Morgan fingerprint density at radius 3 is 3.00 bits per heavy atom. The van der Waals surface area contributed by atoms with Crippen molar-refractivity contribution in [3.63, 3.8) is 0 Å². The Balaban J connectivity index is 2.16. The van der Waals surface area contributed by atoms with Crippen molar-refractivity contribution >= 4 is 11.4 Å². The van der Waals surface area contributed by atoms with E-state index in [4.69, 9.17) is 4.74 Å². The van der Waals surface area contributed by atoms with Crippen LogP contribution in [-0.2, 0) is 10.2 Å². The largest absolute Gasteiger partial charge is 0.356 e. The molecule has 1 aromatic carbocycles. The van der Waals surface area contributed by atoms with Crippen LogP contribution in [0.15, 0.2) is 18.2 Å². The number of ether oxygens (including phenoxy) is 1. The number of benzene rings is 1. The first-order chi connectivity index (χ1) is 8.01. The highest BCUT2D eigenvalue weighted by atomic mass is 16.6. The Labute approximate surface area is 99.1 Å². The van der Waals surface area contributed by atoms with E-state index in [0.29, 0.717) is 6.61 Å². The number of nitro benzene ring substituents is 1. The van der Waals surface area contributed by atoms with Crippen LogP contribution in [-0.4, -0.2) is 24.3 Å². The Morgan fingerprint density at radius 2 is 2.29 bits per heavy atom. The van der Waals surface area contributed by atoms with Crippen LogP contribution < -0.4 is 4.90 Å². The summed E-state index contributed by atoms with van der Waals surface area (Å²) in [6, 6.07) is 5.09. The summed E-state index contributed by atoms with van der Waals surface area (Å²) in [5, 5.41) is 10.8. The molecule has 2 heterocycles. The molecular weight excluding hydrogens is 220 g/mol. The Hall–Kier alpha value is -1.62. The molecule has 0 N–H and O–H groups in total. The molecule has 1 saturated heterocycles. The summed E-state index contributed by atoms with van der Waals surface area (Å²) in [5.74, 6) is 0. The molecule has 17 heavy (non-hydrogen) atoms. The lowest BCUT2D eigenvalue weighted by atomic mass is 9.85. The van der Waals surface area contributed by atoms with Gasteiger partial charge in [0.05, 0.1) is 11.5 Å². The lowest BCUT2D eigenvalue weighted by molar-refractivity contribution is -0.384. The zero-order chi connectivity index (χ0) is 12.2. The third kappa shape index (κ3) is 1.29. The predicted octanol–water partition coefficient (Wildman–Crippen LogP) is 2.05. The molecule has 1 aromatic rings. The van der Waals surface area contributed by atoms with Gasteiger partial charge in [0.25, 0.3) is 5.69 Å². The molecule has 5 heteroatoms. The van der Waals surface area contributed by atoms with Crippen LogP contribution >= 0.6 is 0 Å². The van der Waals surface area contributed by atoms with Crippen LogP contribution in [0.5, 0.6) is 0 Å². The number of nitro groups is 1. The standard InChI is InChI=1S/C12H14N2O3/c1-12(2)9-4-3-8(14(15)16)7-10(9)13-5-6-17-11(12)13/h3-4,7,11H,5-6H2,1-2H3. The van der Waals surface area contributed by atoms with E-state index in [9.17, 15) is 10.1 Å². The third-order valence-electron chi connectivity index (χ3n) is 3.70. The minimum Gasteiger partial charge on any atom is -0.356 e. The van der Waals surface area contributed by atoms with E-state index in [1.165, 1.54) is 0 Å². The third-order valence-corrected chi connectivity index (χ3v) is 3.70. The maximum Gasteiger partial charge on any atom is 0.271 e. The van der Waals surface area contributed by atoms with Gasteiger partial charge in [0.15, 0.2) is 0 Å². The van der Waals surface area contributed by atoms with Crippen molar-refractivity contribution in [2.75, 3.05) is 18.1 Å². The fourth-order valence-corrected chi connectivity index (χ4v) is 2.86. The predicted molar refractivity (Wildman–Crippen MR) is 63.2 cm³/mol. The van der Waals surface area contributed by atoms with Gasteiger partial charge >= 0.3 is 0 Å². The van der Waals surface area contributed by atoms with Gasteiger partial charge in [-0.15, -0.1) is 0 Å². The SMILES string of the molecule is CC1(C)c2ccc([N+](=O)[O-])cc2N2CCOC21. The molecule has 5 nitrogen and oxygen atoms in total. The van der Waals surface area contributed by atoms with Crippen molar-refractivity contribution in [1.82, 2.24) is 0 Å². The molecule has 0 aliphatic carbocycles. The van der Waals surface area contributed by atoms with E-state index in [0.717, 1.165) is 17.8 Å². The molecule has 1 fully saturated rings. The van der Waals surface area contributed by atoms with E-state index in [1.54, 1.807) is 12.1 Å². The highest BCUT2D eigenvalue weighted by molar-refractivity contribution is 5.67. The molecular formula is C12H14N2O3. The number of anilines is 1. The molecule has 0 spiro atoms. The molecule has 2 aliphatic heterocycles. The van der Waals surface area contributed by atoms with Gasteiger partial charge in [-0.3, -0.25) is 10.1 Å².